The van der Waals surface area contributed by atoms with Gasteiger partial charge in [-0.15, -0.1) is 0 Å². The third-order valence-corrected chi connectivity index (χ3v) is 3.82. The molecule has 0 bridgehead atoms. The van der Waals surface area contributed by atoms with E-state index >= 15 is 0 Å². The van der Waals surface area contributed by atoms with Crippen LogP contribution in [0.25, 0.3) is 0 Å². The van der Waals surface area contributed by atoms with Crippen LogP contribution in [0.1, 0.15) is 5.69 Å². The number of halogens is 2. The predicted octanol–water partition coefficient (Wildman–Crippen LogP) is 3.46. The molecule has 0 saturated carbocycles. The van der Waals surface area contributed by atoms with Crippen LogP contribution in [0.4, 0.5) is 11.4 Å². The SMILES string of the molecule is O=C1CN(c2ccc(Br)cc2)Cc2nc(Cl)ccc2N1. The van der Waals surface area contributed by atoms with Crippen LogP contribution in [-0.4, -0.2) is 17.4 Å². The van der Waals surface area contributed by atoms with Crippen molar-refractivity contribution in [2.75, 3.05) is 16.8 Å². The molecule has 0 atom stereocenters. The Morgan fingerprint density at radius 2 is 1.90 bits per heavy atom. The second kappa shape index (κ2) is 5.42. The summed E-state index contributed by atoms with van der Waals surface area (Å²) in [5.74, 6) is -0.0595. The first kappa shape index (κ1) is 13.4. The topological polar surface area (TPSA) is 45.2 Å². The van der Waals surface area contributed by atoms with Gasteiger partial charge in [-0.2, -0.15) is 0 Å². The van der Waals surface area contributed by atoms with Gasteiger partial charge in [0.05, 0.1) is 24.5 Å². The summed E-state index contributed by atoms with van der Waals surface area (Å²) in [4.78, 5) is 18.2. The quantitative estimate of drug-likeness (QED) is 0.800. The number of fused-ring (bicyclic) bond motifs is 1. The van der Waals surface area contributed by atoms with Crippen LogP contribution in [-0.2, 0) is 11.3 Å². The number of hydrogen-bond donors (Lipinski definition) is 1. The Labute approximate surface area is 129 Å². The number of carbonyl (C=O) groups excluding carboxylic acids is 1. The number of aromatic nitrogens is 1. The van der Waals surface area contributed by atoms with Crippen molar-refractivity contribution in [3.05, 3.63) is 51.7 Å². The van der Waals surface area contributed by atoms with Crippen molar-refractivity contribution in [2.45, 2.75) is 6.54 Å². The molecule has 3 rings (SSSR count). The number of benzene rings is 1. The van der Waals surface area contributed by atoms with Crippen molar-refractivity contribution < 1.29 is 4.79 Å². The normalized spacial score (nSPS) is 14.5. The lowest BCUT2D eigenvalue weighted by molar-refractivity contribution is -0.114. The molecule has 0 fully saturated rings. The van der Waals surface area contributed by atoms with Crippen LogP contribution >= 0.6 is 27.5 Å². The Hall–Kier alpha value is -1.59. The Kier molecular flexibility index (Phi) is 3.63. The van der Waals surface area contributed by atoms with Gasteiger partial charge in [0, 0.05) is 10.2 Å². The summed E-state index contributed by atoms with van der Waals surface area (Å²) in [5.41, 5.74) is 2.46. The maximum absolute atomic E-state index is 12.0. The highest BCUT2D eigenvalue weighted by atomic mass is 79.9. The average molecular weight is 353 g/mol. The zero-order chi connectivity index (χ0) is 14.1. The molecule has 1 aliphatic heterocycles. The monoisotopic (exact) mass is 351 g/mol. The molecule has 1 aromatic carbocycles. The average Bonchev–Trinajstić information content (AvgIpc) is 2.57. The largest absolute Gasteiger partial charge is 0.356 e. The molecule has 2 heterocycles. The summed E-state index contributed by atoms with van der Waals surface area (Å²) in [5, 5.41) is 3.28. The number of pyridine rings is 1. The van der Waals surface area contributed by atoms with E-state index < -0.39 is 0 Å². The predicted molar refractivity (Wildman–Crippen MR) is 83.1 cm³/mol. The highest BCUT2D eigenvalue weighted by Gasteiger charge is 2.20. The van der Waals surface area contributed by atoms with E-state index in [4.69, 9.17) is 11.6 Å². The van der Waals surface area contributed by atoms with Gasteiger partial charge in [0.15, 0.2) is 0 Å². The molecule has 0 saturated heterocycles. The van der Waals surface area contributed by atoms with E-state index in [-0.39, 0.29) is 12.5 Å². The van der Waals surface area contributed by atoms with Gasteiger partial charge in [0.2, 0.25) is 5.91 Å². The van der Waals surface area contributed by atoms with E-state index in [1.54, 1.807) is 12.1 Å². The number of amides is 1. The van der Waals surface area contributed by atoms with Gasteiger partial charge in [-0.3, -0.25) is 4.79 Å². The zero-order valence-electron chi connectivity index (χ0n) is 10.4. The van der Waals surface area contributed by atoms with Crippen LogP contribution in [0, 0.1) is 0 Å². The first-order chi connectivity index (χ1) is 9.61. The Balaban J connectivity index is 1.97. The van der Waals surface area contributed by atoms with Crippen molar-refractivity contribution in [2.24, 2.45) is 0 Å². The number of rotatable bonds is 1. The zero-order valence-corrected chi connectivity index (χ0v) is 12.8. The third-order valence-electron chi connectivity index (χ3n) is 3.08. The molecular formula is C14H11BrClN3O. The standard InChI is InChI=1S/C14H11BrClN3O/c15-9-1-3-10(4-2-9)19-7-12-11(18-14(20)8-19)5-6-13(16)17-12/h1-6H,7-8H2,(H,18,20). The Bertz CT molecular complexity index is 660. The summed E-state index contributed by atoms with van der Waals surface area (Å²) in [6.07, 6.45) is 0. The smallest absolute Gasteiger partial charge is 0.243 e. The molecule has 0 aliphatic carbocycles. The molecular weight excluding hydrogens is 342 g/mol. The lowest BCUT2D eigenvalue weighted by Crippen LogP contribution is -2.29. The second-order valence-corrected chi connectivity index (χ2v) is 5.81. The van der Waals surface area contributed by atoms with Gasteiger partial charge < -0.3 is 10.2 Å². The highest BCUT2D eigenvalue weighted by molar-refractivity contribution is 9.10. The maximum atomic E-state index is 12.0. The molecule has 2 aromatic rings. The Morgan fingerprint density at radius 1 is 1.15 bits per heavy atom. The number of carbonyl (C=O) groups is 1. The molecule has 1 amide bonds. The van der Waals surface area contributed by atoms with Gasteiger partial charge in [0.25, 0.3) is 0 Å². The van der Waals surface area contributed by atoms with Crippen molar-refractivity contribution in [3.63, 3.8) is 0 Å². The van der Waals surface area contributed by atoms with Crippen LogP contribution < -0.4 is 10.2 Å². The second-order valence-electron chi connectivity index (χ2n) is 4.51. The third kappa shape index (κ3) is 2.78. The molecule has 4 nitrogen and oxygen atoms in total. The molecule has 1 N–H and O–H groups in total. The molecule has 102 valence electrons. The number of anilines is 2. The van der Waals surface area contributed by atoms with Crippen molar-refractivity contribution in [1.82, 2.24) is 4.98 Å². The summed E-state index contributed by atoms with van der Waals surface area (Å²) in [6.45, 7) is 0.825. The van der Waals surface area contributed by atoms with Crippen LogP contribution in [0.5, 0.6) is 0 Å². The summed E-state index contributed by atoms with van der Waals surface area (Å²) >= 11 is 9.34. The van der Waals surface area contributed by atoms with Gasteiger partial charge in [-0.25, -0.2) is 4.98 Å². The van der Waals surface area contributed by atoms with E-state index in [0.717, 1.165) is 21.5 Å². The van der Waals surface area contributed by atoms with E-state index in [2.05, 4.69) is 26.2 Å². The fourth-order valence-corrected chi connectivity index (χ4v) is 2.57. The molecule has 1 aliphatic rings. The summed E-state index contributed by atoms with van der Waals surface area (Å²) in [7, 11) is 0. The minimum absolute atomic E-state index is 0.0595. The summed E-state index contributed by atoms with van der Waals surface area (Å²) < 4.78 is 1.00. The fraction of sp³-hybridized carbons (Fsp3) is 0.143. The van der Waals surface area contributed by atoms with E-state index in [9.17, 15) is 4.79 Å². The molecule has 20 heavy (non-hydrogen) atoms. The molecule has 0 unspecified atom stereocenters. The number of nitrogens with one attached hydrogen (secondary N) is 1. The van der Waals surface area contributed by atoms with Crippen molar-refractivity contribution in [1.29, 1.82) is 0 Å². The highest BCUT2D eigenvalue weighted by Crippen LogP contribution is 2.25. The van der Waals surface area contributed by atoms with Gasteiger partial charge >= 0.3 is 0 Å². The lowest BCUT2D eigenvalue weighted by atomic mass is 10.2. The molecule has 1 aromatic heterocycles. The number of hydrogen-bond acceptors (Lipinski definition) is 3. The van der Waals surface area contributed by atoms with Crippen molar-refractivity contribution in [3.8, 4) is 0 Å². The van der Waals surface area contributed by atoms with Crippen LogP contribution in [0.3, 0.4) is 0 Å². The van der Waals surface area contributed by atoms with Gasteiger partial charge in [-0.05, 0) is 36.4 Å². The first-order valence-electron chi connectivity index (χ1n) is 6.07. The number of nitrogens with zero attached hydrogens (tertiary/aromatic N) is 2. The minimum Gasteiger partial charge on any atom is -0.356 e. The lowest BCUT2D eigenvalue weighted by Gasteiger charge is -2.21. The van der Waals surface area contributed by atoms with E-state index in [1.165, 1.54) is 0 Å². The molecule has 6 heteroatoms. The van der Waals surface area contributed by atoms with Crippen LogP contribution in [0.2, 0.25) is 5.15 Å². The minimum atomic E-state index is -0.0595. The fourth-order valence-electron chi connectivity index (χ4n) is 2.14. The van der Waals surface area contributed by atoms with Gasteiger partial charge in [-0.1, -0.05) is 27.5 Å². The van der Waals surface area contributed by atoms with Gasteiger partial charge in [0.1, 0.15) is 5.15 Å². The molecule has 0 spiro atoms. The van der Waals surface area contributed by atoms with Crippen LogP contribution in [0.15, 0.2) is 40.9 Å². The van der Waals surface area contributed by atoms with Crippen molar-refractivity contribution >= 4 is 44.8 Å². The summed E-state index contributed by atoms with van der Waals surface area (Å²) in [6, 6.07) is 11.3. The van der Waals surface area contributed by atoms with E-state index in [1.807, 2.05) is 29.2 Å². The first-order valence-corrected chi connectivity index (χ1v) is 7.25. The Morgan fingerprint density at radius 3 is 2.65 bits per heavy atom. The maximum Gasteiger partial charge on any atom is 0.243 e. The van der Waals surface area contributed by atoms with E-state index in [0.29, 0.717) is 11.7 Å². The molecule has 0 radical (unpaired) electrons.